The van der Waals surface area contributed by atoms with E-state index in [0.29, 0.717) is 5.57 Å². The molecule has 7 heteroatoms. The van der Waals surface area contributed by atoms with E-state index in [1.165, 1.54) is 0 Å². The summed E-state index contributed by atoms with van der Waals surface area (Å²) in [5, 5.41) is 41.9. The van der Waals surface area contributed by atoms with Gasteiger partial charge in [-0.2, -0.15) is 5.26 Å². The molecule has 1 saturated heterocycles. The van der Waals surface area contributed by atoms with Crippen LogP contribution in [0.3, 0.4) is 0 Å². The Bertz CT molecular complexity index is 960. The fourth-order valence-corrected chi connectivity index (χ4v) is 3.05. The number of hydrogen-bond acceptors (Lipinski definition) is 6. The van der Waals surface area contributed by atoms with Crippen molar-refractivity contribution in [3.8, 4) is 6.07 Å². The molecule has 4 N–H and O–H groups in total. The van der Waals surface area contributed by atoms with Crippen LogP contribution in [0.25, 0.3) is 16.3 Å². The number of benzene rings is 2. The Hall–Kier alpha value is -2.92. The maximum absolute atomic E-state index is 12.4. The van der Waals surface area contributed by atoms with Gasteiger partial charge in [0.25, 0.3) is 5.91 Å². The van der Waals surface area contributed by atoms with Crippen molar-refractivity contribution in [1.29, 1.82) is 5.26 Å². The molecule has 0 radical (unpaired) electrons. The lowest BCUT2D eigenvalue weighted by Crippen LogP contribution is -2.41. The lowest BCUT2D eigenvalue weighted by Gasteiger charge is -2.16. The molecule has 2 aromatic rings. The van der Waals surface area contributed by atoms with E-state index in [1.807, 2.05) is 36.4 Å². The molecule has 1 fully saturated rings. The summed E-state index contributed by atoms with van der Waals surface area (Å²) in [7, 11) is 0. The number of carbonyl (C=O) groups excluding carboxylic acids is 1. The van der Waals surface area contributed by atoms with E-state index in [2.05, 4.69) is 16.3 Å². The van der Waals surface area contributed by atoms with Crippen molar-refractivity contribution < 1.29 is 20.1 Å². The van der Waals surface area contributed by atoms with Crippen molar-refractivity contribution in [1.82, 2.24) is 5.32 Å². The number of amides is 1. The van der Waals surface area contributed by atoms with Crippen molar-refractivity contribution in [2.24, 2.45) is 0 Å². The third-order valence-corrected chi connectivity index (χ3v) is 4.90. The normalized spacial score (nSPS) is 16.2. The number of allylic oxidation sites excluding steroid dienone is 1. The van der Waals surface area contributed by atoms with Gasteiger partial charge in [0.1, 0.15) is 17.7 Å². The van der Waals surface area contributed by atoms with E-state index >= 15 is 0 Å². The molecule has 2 aromatic carbocycles. The summed E-state index contributed by atoms with van der Waals surface area (Å²) in [6.07, 6.45) is -2.67. The zero-order valence-electron chi connectivity index (χ0n) is 15.6. The summed E-state index contributed by atoms with van der Waals surface area (Å²) < 4.78 is 0. The number of nitrogens with zero attached hydrogens (tertiary/aromatic N) is 2. The summed E-state index contributed by atoms with van der Waals surface area (Å²) in [6, 6.07) is 13.8. The number of fused-ring (bicyclic) bond motifs is 1. The van der Waals surface area contributed by atoms with Gasteiger partial charge in [-0.25, -0.2) is 0 Å². The van der Waals surface area contributed by atoms with Crippen LogP contribution in [0.4, 0.5) is 5.69 Å². The van der Waals surface area contributed by atoms with Crippen LogP contribution in [-0.2, 0) is 4.79 Å². The molecule has 0 bridgehead atoms. The SMILES string of the molecule is C/C(=C(/C#N)C(=O)NCC(O)C(O)CO)c1ccc2cccc(N3CC3)c2c1. The summed E-state index contributed by atoms with van der Waals surface area (Å²) in [5.41, 5.74) is 2.37. The largest absolute Gasteiger partial charge is 0.394 e. The lowest BCUT2D eigenvalue weighted by atomic mass is 9.97. The molecule has 146 valence electrons. The predicted molar refractivity (Wildman–Crippen MR) is 106 cm³/mol. The first-order chi connectivity index (χ1) is 13.5. The maximum atomic E-state index is 12.4. The third-order valence-electron chi connectivity index (χ3n) is 4.90. The number of aliphatic hydroxyl groups excluding tert-OH is 3. The van der Waals surface area contributed by atoms with Gasteiger partial charge in [-0.3, -0.25) is 4.79 Å². The highest BCUT2D eigenvalue weighted by Gasteiger charge is 2.21. The summed E-state index contributed by atoms with van der Waals surface area (Å²) in [4.78, 5) is 14.6. The van der Waals surface area contributed by atoms with Gasteiger partial charge < -0.3 is 25.5 Å². The Morgan fingerprint density at radius 1 is 1.25 bits per heavy atom. The van der Waals surface area contributed by atoms with Gasteiger partial charge in [0, 0.05) is 30.7 Å². The highest BCUT2D eigenvalue weighted by atomic mass is 16.4. The van der Waals surface area contributed by atoms with Gasteiger partial charge in [-0.15, -0.1) is 0 Å². The van der Waals surface area contributed by atoms with Crippen LogP contribution in [0.5, 0.6) is 0 Å². The van der Waals surface area contributed by atoms with E-state index in [9.17, 15) is 20.3 Å². The van der Waals surface area contributed by atoms with Crippen LogP contribution >= 0.6 is 0 Å². The van der Waals surface area contributed by atoms with Gasteiger partial charge >= 0.3 is 0 Å². The standard InChI is InChI=1S/C21H23N3O4/c1-13(17(10-22)21(28)23-11-19(26)20(27)12-25)15-6-5-14-3-2-4-18(16(14)9-15)24-7-8-24/h2-6,9,19-20,25-27H,7-8,11-12H2,1H3,(H,23,28)/b17-13+. The zero-order chi connectivity index (χ0) is 20.3. The maximum Gasteiger partial charge on any atom is 0.262 e. The minimum atomic E-state index is -1.35. The summed E-state index contributed by atoms with van der Waals surface area (Å²) in [5.74, 6) is -0.636. The molecule has 1 aliphatic rings. The highest BCUT2D eigenvalue weighted by Crippen LogP contribution is 2.33. The van der Waals surface area contributed by atoms with Gasteiger partial charge in [0.2, 0.25) is 0 Å². The van der Waals surface area contributed by atoms with Crippen LogP contribution in [0.1, 0.15) is 12.5 Å². The average Bonchev–Trinajstić information content (AvgIpc) is 3.56. The first-order valence-corrected chi connectivity index (χ1v) is 9.10. The van der Waals surface area contributed by atoms with Crippen LogP contribution in [0.2, 0.25) is 0 Å². The molecule has 2 atom stereocenters. The molecule has 1 heterocycles. The topological polar surface area (TPSA) is 117 Å². The van der Waals surface area contributed by atoms with Crippen LogP contribution in [-0.4, -0.2) is 59.7 Å². The predicted octanol–water partition coefficient (Wildman–Crippen LogP) is 0.787. The first-order valence-electron chi connectivity index (χ1n) is 9.10. The Labute approximate surface area is 163 Å². The monoisotopic (exact) mass is 381 g/mol. The number of carbonyl (C=O) groups is 1. The second kappa shape index (κ2) is 8.40. The zero-order valence-corrected chi connectivity index (χ0v) is 15.6. The molecule has 2 unspecified atom stereocenters. The van der Waals surface area contributed by atoms with E-state index < -0.39 is 24.7 Å². The highest BCUT2D eigenvalue weighted by molar-refractivity contribution is 6.05. The van der Waals surface area contributed by atoms with E-state index in [4.69, 9.17) is 5.11 Å². The van der Waals surface area contributed by atoms with Crippen LogP contribution in [0, 0.1) is 11.3 Å². The number of hydrogen-bond donors (Lipinski definition) is 4. The third kappa shape index (κ3) is 4.15. The second-order valence-corrected chi connectivity index (χ2v) is 6.84. The molecule has 0 aliphatic carbocycles. The minimum absolute atomic E-state index is 0.0609. The van der Waals surface area contributed by atoms with Gasteiger partial charge in [-0.1, -0.05) is 24.3 Å². The van der Waals surface area contributed by atoms with Crippen LogP contribution in [0.15, 0.2) is 42.0 Å². The first kappa shape index (κ1) is 19.8. The van der Waals surface area contributed by atoms with E-state index in [1.54, 1.807) is 6.92 Å². The molecular weight excluding hydrogens is 358 g/mol. The summed E-state index contributed by atoms with van der Waals surface area (Å²) in [6.45, 7) is 2.86. The Balaban J connectivity index is 1.88. The fourth-order valence-electron chi connectivity index (χ4n) is 3.05. The van der Waals surface area contributed by atoms with Crippen LogP contribution < -0.4 is 10.2 Å². The molecule has 1 aliphatic heterocycles. The van der Waals surface area contributed by atoms with Crippen molar-refractivity contribution in [2.75, 3.05) is 31.1 Å². The van der Waals surface area contributed by atoms with Crippen molar-refractivity contribution in [3.05, 3.63) is 47.5 Å². The van der Waals surface area contributed by atoms with E-state index in [-0.39, 0.29) is 12.1 Å². The van der Waals surface area contributed by atoms with Crippen molar-refractivity contribution in [3.63, 3.8) is 0 Å². The molecule has 0 spiro atoms. The number of nitrogens with one attached hydrogen (secondary N) is 1. The number of nitriles is 1. The Morgan fingerprint density at radius 3 is 2.64 bits per heavy atom. The Morgan fingerprint density at radius 2 is 2.00 bits per heavy atom. The molecular formula is C21H23N3O4. The fraction of sp³-hybridized carbons (Fsp3) is 0.333. The van der Waals surface area contributed by atoms with Gasteiger partial charge in [-0.05, 0) is 35.6 Å². The van der Waals surface area contributed by atoms with Gasteiger partial charge in [0.05, 0.1) is 12.7 Å². The quantitative estimate of drug-likeness (QED) is 0.320. The smallest absolute Gasteiger partial charge is 0.262 e. The molecule has 28 heavy (non-hydrogen) atoms. The van der Waals surface area contributed by atoms with Crippen molar-refractivity contribution in [2.45, 2.75) is 19.1 Å². The molecule has 7 nitrogen and oxygen atoms in total. The van der Waals surface area contributed by atoms with Crippen molar-refractivity contribution >= 4 is 27.9 Å². The number of rotatable bonds is 7. The minimum Gasteiger partial charge on any atom is -0.394 e. The molecule has 0 saturated carbocycles. The molecule has 0 aromatic heterocycles. The van der Waals surface area contributed by atoms with E-state index in [0.717, 1.165) is 35.1 Å². The molecule has 1 amide bonds. The lowest BCUT2D eigenvalue weighted by molar-refractivity contribution is -0.118. The van der Waals surface area contributed by atoms with Gasteiger partial charge in [0.15, 0.2) is 0 Å². The Kier molecular flexibility index (Phi) is 5.95. The number of anilines is 1. The summed E-state index contributed by atoms with van der Waals surface area (Å²) >= 11 is 0. The average molecular weight is 381 g/mol. The second-order valence-electron chi connectivity index (χ2n) is 6.84. The molecule has 3 rings (SSSR count). The number of aliphatic hydroxyl groups is 3.